The molecule has 0 saturated carbocycles. The van der Waals surface area contributed by atoms with E-state index in [-0.39, 0.29) is 24.2 Å². The first-order chi connectivity index (χ1) is 13.9. The quantitative estimate of drug-likeness (QED) is 0.549. The lowest BCUT2D eigenvalue weighted by Gasteiger charge is -2.36. The van der Waals surface area contributed by atoms with Crippen molar-refractivity contribution in [1.29, 1.82) is 0 Å². The van der Waals surface area contributed by atoms with Crippen LogP contribution in [0.2, 0.25) is 0 Å². The first-order valence-corrected chi connectivity index (χ1v) is 9.69. The van der Waals surface area contributed by atoms with Crippen LogP contribution in [0, 0.1) is 22.0 Å². The fourth-order valence-electron chi connectivity index (χ4n) is 3.88. The van der Waals surface area contributed by atoms with E-state index in [0.29, 0.717) is 24.3 Å². The van der Waals surface area contributed by atoms with Crippen molar-refractivity contribution >= 4 is 17.4 Å². The van der Waals surface area contributed by atoms with Crippen LogP contribution in [-0.4, -0.2) is 32.0 Å². The van der Waals surface area contributed by atoms with Gasteiger partial charge in [0.05, 0.1) is 16.5 Å². The highest BCUT2D eigenvalue weighted by Gasteiger charge is 2.33. The summed E-state index contributed by atoms with van der Waals surface area (Å²) in [6, 6.07) is 10.8. The highest BCUT2D eigenvalue weighted by Crippen LogP contribution is 2.39. The summed E-state index contributed by atoms with van der Waals surface area (Å²) in [7, 11) is 0. The summed E-state index contributed by atoms with van der Waals surface area (Å²) in [5.74, 6) is 0.555. The van der Waals surface area contributed by atoms with Gasteiger partial charge in [0.2, 0.25) is 0 Å². The molecule has 0 aliphatic heterocycles. The second-order valence-electron chi connectivity index (χ2n) is 7.75. The molecule has 1 aromatic carbocycles. The fraction of sp³-hybridized carbons (Fsp3) is 0.364. The van der Waals surface area contributed by atoms with Gasteiger partial charge in [-0.25, -0.2) is 4.79 Å². The van der Waals surface area contributed by atoms with Gasteiger partial charge in [-0.2, -0.15) is 0 Å². The van der Waals surface area contributed by atoms with Crippen LogP contribution < -0.4 is 0 Å². The van der Waals surface area contributed by atoms with Crippen LogP contribution in [0.3, 0.4) is 0 Å². The van der Waals surface area contributed by atoms with Crippen LogP contribution >= 0.6 is 0 Å². The Kier molecular flexibility index (Phi) is 6.26. The van der Waals surface area contributed by atoms with Crippen molar-refractivity contribution in [3.8, 4) is 0 Å². The van der Waals surface area contributed by atoms with E-state index in [1.165, 1.54) is 17.3 Å². The summed E-state index contributed by atoms with van der Waals surface area (Å²) in [5, 5.41) is 21.4. The number of carboxylic acid groups (broad SMARTS) is 1. The van der Waals surface area contributed by atoms with E-state index in [4.69, 9.17) is 0 Å². The number of allylic oxidation sites excluding steroid dienone is 1. The van der Waals surface area contributed by atoms with Crippen molar-refractivity contribution in [3.05, 3.63) is 76.1 Å². The standard InChI is InChI=1S/C22H25N3O4/c1-15(2)17-10-18(20-8-9-23-13-21(20)25(28)29)12-19(11-17)24(22(26)27)14-16-6-4-3-5-7-16/h3-9,12-13,15,17,19H,10-11,14H2,1-2H3,(H,26,27). The summed E-state index contributed by atoms with van der Waals surface area (Å²) in [6.07, 6.45) is 5.05. The zero-order valence-electron chi connectivity index (χ0n) is 16.6. The smallest absolute Gasteiger partial charge is 0.408 e. The Balaban J connectivity index is 2.00. The molecule has 0 bridgehead atoms. The van der Waals surface area contributed by atoms with Gasteiger partial charge in [-0.1, -0.05) is 50.3 Å². The fourth-order valence-corrected chi connectivity index (χ4v) is 3.88. The predicted molar refractivity (Wildman–Crippen MR) is 110 cm³/mol. The highest BCUT2D eigenvalue weighted by atomic mass is 16.6. The molecular formula is C22H25N3O4. The predicted octanol–water partition coefficient (Wildman–Crippen LogP) is 4.99. The van der Waals surface area contributed by atoms with Gasteiger partial charge in [0, 0.05) is 12.7 Å². The van der Waals surface area contributed by atoms with Gasteiger partial charge in [-0.05, 0) is 41.9 Å². The first kappa shape index (κ1) is 20.5. The molecule has 3 rings (SSSR count). The maximum Gasteiger partial charge on any atom is 0.408 e. The highest BCUT2D eigenvalue weighted by molar-refractivity contribution is 5.74. The Bertz CT molecular complexity index is 911. The second kappa shape index (κ2) is 8.86. The Morgan fingerprint density at radius 2 is 2.03 bits per heavy atom. The molecule has 2 aromatic rings. The number of benzene rings is 1. The molecule has 152 valence electrons. The van der Waals surface area contributed by atoms with Crippen LogP contribution in [0.25, 0.3) is 5.57 Å². The number of nitrogens with zero attached hydrogens (tertiary/aromatic N) is 3. The van der Waals surface area contributed by atoms with Crippen LogP contribution in [0.5, 0.6) is 0 Å². The molecule has 7 nitrogen and oxygen atoms in total. The number of hydrogen-bond donors (Lipinski definition) is 1. The van der Waals surface area contributed by atoms with Crippen LogP contribution in [0.4, 0.5) is 10.5 Å². The summed E-state index contributed by atoms with van der Waals surface area (Å²) >= 11 is 0. The van der Waals surface area contributed by atoms with Crippen LogP contribution in [-0.2, 0) is 6.54 Å². The molecule has 1 aliphatic rings. The molecular weight excluding hydrogens is 370 g/mol. The van der Waals surface area contributed by atoms with Gasteiger partial charge in [0.1, 0.15) is 6.20 Å². The van der Waals surface area contributed by atoms with Crippen molar-refractivity contribution < 1.29 is 14.8 Å². The molecule has 0 saturated heterocycles. The Morgan fingerprint density at radius 1 is 1.31 bits per heavy atom. The number of aromatic nitrogens is 1. The minimum atomic E-state index is -0.997. The van der Waals surface area contributed by atoms with E-state index >= 15 is 0 Å². The van der Waals surface area contributed by atoms with Gasteiger partial charge < -0.3 is 5.11 Å². The molecule has 29 heavy (non-hydrogen) atoms. The minimum Gasteiger partial charge on any atom is -0.465 e. The Hall–Kier alpha value is -3.22. The molecule has 0 spiro atoms. The Labute approximate surface area is 169 Å². The van der Waals surface area contributed by atoms with Crippen molar-refractivity contribution in [3.63, 3.8) is 0 Å². The minimum absolute atomic E-state index is 0.0492. The number of hydrogen-bond acceptors (Lipinski definition) is 4. The van der Waals surface area contributed by atoms with E-state index in [9.17, 15) is 20.0 Å². The third-order valence-electron chi connectivity index (χ3n) is 5.55. The SMILES string of the molecule is CC(C)C1CC(c2ccncc2[N+](=O)[O-])=CC(N(Cc2ccccc2)C(=O)O)C1. The van der Waals surface area contributed by atoms with Gasteiger partial charge in [-0.15, -0.1) is 0 Å². The number of carbonyl (C=O) groups is 1. The normalized spacial score (nSPS) is 18.9. The van der Waals surface area contributed by atoms with E-state index < -0.39 is 11.0 Å². The molecule has 1 heterocycles. The lowest BCUT2D eigenvalue weighted by atomic mass is 9.77. The van der Waals surface area contributed by atoms with E-state index in [0.717, 1.165) is 11.1 Å². The Morgan fingerprint density at radius 3 is 2.66 bits per heavy atom. The zero-order valence-corrected chi connectivity index (χ0v) is 16.6. The molecule has 2 unspecified atom stereocenters. The van der Waals surface area contributed by atoms with Gasteiger partial charge in [0.25, 0.3) is 5.69 Å². The molecule has 1 amide bonds. The van der Waals surface area contributed by atoms with Crippen molar-refractivity contribution in [2.75, 3.05) is 0 Å². The molecule has 0 radical (unpaired) electrons. The summed E-state index contributed by atoms with van der Waals surface area (Å²) in [6.45, 7) is 4.48. The monoisotopic (exact) mass is 395 g/mol. The largest absolute Gasteiger partial charge is 0.465 e. The average Bonchev–Trinajstić information content (AvgIpc) is 2.72. The maximum atomic E-state index is 12.1. The van der Waals surface area contributed by atoms with Crippen molar-refractivity contribution in [1.82, 2.24) is 9.88 Å². The number of nitro groups is 1. The second-order valence-corrected chi connectivity index (χ2v) is 7.75. The number of pyridine rings is 1. The zero-order chi connectivity index (χ0) is 21.0. The summed E-state index contributed by atoms with van der Waals surface area (Å²) < 4.78 is 0. The van der Waals surface area contributed by atoms with Crippen molar-refractivity contribution in [2.24, 2.45) is 11.8 Å². The third kappa shape index (κ3) is 4.80. The average molecular weight is 395 g/mol. The maximum absolute atomic E-state index is 12.1. The van der Waals surface area contributed by atoms with E-state index in [1.54, 1.807) is 6.07 Å². The van der Waals surface area contributed by atoms with Crippen molar-refractivity contribution in [2.45, 2.75) is 39.3 Å². The first-order valence-electron chi connectivity index (χ1n) is 9.69. The molecule has 2 atom stereocenters. The third-order valence-corrected chi connectivity index (χ3v) is 5.55. The lowest BCUT2D eigenvalue weighted by molar-refractivity contribution is -0.385. The number of rotatable bonds is 6. The van der Waals surface area contributed by atoms with Crippen LogP contribution in [0.15, 0.2) is 54.9 Å². The van der Waals surface area contributed by atoms with Crippen LogP contribution in [0.1, 0.15) is 37.8 Å². The molecule has 7 heteroatoms. The lowest BCUT2D eigenvalue weighted by Crippen LogP contribution is -2.41. The summed E-state index contributed by atoms with van der Waals surface area (Å²) in [5.41, 5.74) is 2.19. The molecule has 1 aliphatic carbocycles. The summed E-state index contributed by atoms with van der Waals surface area (Å²) in [4.78, 5) is 28.4. The molecule has 0 fully saturated rings. The van der Waals surface area contributed by atoms with E-state index in [1.807, 2.05) is 36.4 Å². The molecule has 1 N–H and O–H groups in total. The number of amides is 1. The van der Waals surface area contributed by atoms with Gasteiger partial charge >= 0.3 is 6.09 Å². The topological polar surface area (TPSA) is 96.6 Å². The van der Waals surface area contributed by atoms with E-state index in [2.05, 4.69) is 18.8 Å². The molecule has 1 aromatic heterocycles. The van der Waals surface area contributed by atoms with Gasteiger partial charge in [-0.3, -0.25) is 20.0 Å². The van der Waals surface area contributed by atoms with Gasteiger partial charge in [0.15, 0.2) is 0 Å².